The minimum atomic E-state index is -0.712. The lowest BCUT2D eigenvalue weighted by atomic mass is 10.2. The summed E-state index contributed by atoms with van der Waals surface area (Å²) in [6.07, 6.45) is 0.241. The Morgan fingerprint density at radius 2 is 1.85 bits per heavy atom. The van der Waals surface area contributed by atoms with Gasteiger partial charge >= 0.3 is 5.97 Å². The van der Waals surface area contributed by atoms with Crippen LogP contribution in [0.25, 0.3) is 0 Å². The Labute approximate surface area is 132 Å². The molecule has 1 heterocycles. The molecule has 6 heteroatoms. The Bertz CT molecular complexity index is 421. The van der Waals surface area contributed by atoms with Crippen molar-refractivity contribution in [1.82, 2.24) is 4.90 Å². The number of anilines is 1. The van der Waals surface area contributed by atoms with Crippen molar-refractivity contribution in [2.75, 3.05) is 37.6 Å². The van der Waals surface area contributed by atoms with Crippen LogP contribution in [-0.4, -0.2) is 48.7 Å². The molecule has 0 radical (unpaired) electrons. The van der Waals surface area contributed by atoms with E-state index < -0.39 is 5.97 Å². The molecule has 4 nitrogen and oxygen atoms in total. The third-order valence-corrected chi connectivity index (χ3v) is 3.38. The van der Waals surface area contributed by atoms with Gasteiger partial charge in [-0.25, -0.2) is 0 Å². The van der Waals surface area contributed by atoms with Crippen LogP contribution in [0.1, 0.15) is 12.0 Å². The van der Waals surface area contributed by atoms with E-state index in [1.807, 2.05) is 0 Å². The monoisotopic (exact) mass is 320 g/mol. The Morgan fingerprint density at radius 1 is 1.20 bits per heavy atom. The van der Waals surface area contributed by atoms with Crippen LogP contribution in [-0.2, 0) is 4.79 Å². The van der Waals surface area contributed by atoms with Crippen molar-refractivity contribution in [2.24, 2.45) is 0 Å². The van der Waals surface area contributed by atoms with E-state index >= 15 is 0 Å². The SMILES string of the molecule is Cc1cccc(N2CCN(CCC(=O)O)CC2)c1.Cl.Cl. The smallest absolute Gasteiger partial charge is 0.304 e. The second-order valence-corrected chi connectivity index (χ2v) is 4.81. The third kappa shape index (κ3) is 5.57. The first kappa shape index (κ1) is 19.0. The molecule has 0 aromatic heterocycles. The highest BCUT2D eigenvalue weighted by Gasteiger charge is 2.17. The molecule has 0 unspecified atom stereocenters. The number of carbonyl (C=O) groups is 1. The Morgan fingerprint density at radius 3 is 2.40 bits per heavy atom. The van der Waals surface area contributed by atoms with Crippen molar-refractivity contribution in [3.63, 3.8) is 0 Å². The van der Waals surface area contributed by atoms with E-state index in [1.165, 1.54) is 11.3 Å². The molecular formula is C14H22Cl2N2O2. The second-order valence-electron chi connectivity index (χ2n) is 4.81. The predicted molar refractivity (Wildman–Crippen MR) is 86.6 cm³/mol. The Kier molecular flexibility index (Phi) is 8.62. The van der Waals surface area contributed by atoms with Gasteiger partial charge in [-0.2, -0.15) is 0 Å². The summed E-state index contributed by atoms with van der Waals surface area (Å²) in [5.41, 5.74) is 2.55. The van der Waals surface area contributed by atoms with Gasteiger partial charge in [0.1, 0.15) is 0 Å². The summed E-state index contributed by atoms with van der Waals surface area (Å²) in [5, 5.41) is 8.67. The van der Waals surface area contributed by atoms with Gasteiger partial charge in [0.05, 0.1) is 6.42 Å². The minimum absolute atomic E-state index is 0. The van der Waals surface area contributed by atoms with Crippen LogP contribution in [0.4, 0.5) is 5.69 Å². The molecule has 1 fully saturated rings. The van der Waals surface area contributed by atoms with Gasteiger partial charge in [0.15, 0.2) is 0 Å². The molecule has 0 amide bonds. The number of aliphatic carboxylic acids is 1. The van der Waals surface area contributed by atoms with Crippen molar-refractivity contribution in [2.45, 2.75) is 13.3 Å². The number of hydrogen-bond acceptors (Lipinski definition) is 3. The van der Waals surface area contributed by atoms with Gasteiger partial charge < -0.3 is 10.0 Å². The first-order valence-electron chi connectivity index (χ1n) is 6.41. The second kappa shape index (κ2) is 9.06. The van der Waals surface area contributed by atoms with E-state index in [1.54, 1.807) is 0 Å². The number of carboxylic acids is 1. The molecule has 20 heavy (non-hydrogen) atoms. The van der Waals surface area contributed by atoms with Crippen molar-refractivity contribution >= 4 is 36.5 Å². The van der Waals surface area contributed by atoms with Gasteiger partial charge in [-0.15, -0.1) is 24.8 Å². The molecule has 0 spiro atoms. The first-order chi connectivity index (χ1) is 8.65. The van der Waals surface area contributed by atoms with E-state index in [0.717, 1.165) is 26.2 Å². The zero-order valence-corrected chi connectivity index (χ0v) is 13.3. The highest BCUT2D eigenvalue weighted by molar-refractivity contribution is 5.85. The number of piperazine rings is 1. The van der Waals surface area contributed by atoms with E-state index in [9.17, 15) is 4.79 Å². The first-order valence-corrected chi connectivity index (χ1v) is 6.41. The highest BCUT2D eigenvalue weighted by atomic mass is 35.5. The lowest BCUT2D eigenvalue weighted by Gasteiger charge is -2.36. The molecule has 1 aromatic rings. The zero-order valence-electron chi connectivity index (χ0n) is 11.6. The van der Waals surface area contributed by atoms with Gasteiger partial charge in [0.2, 0.25) is 0 Å². The standard InChI is InChI=1S/C14H20N2O2.2ClH/c1-12-3-2-4-13(11-12)16-9-7-15(8-10-16)6-5-14(17)18;;/h2-4,11H,5-10H2,1H3,(H,17,18);2*1H. The maximum atomic E-state index is 10.5. The van der Waals surface area contributed by atoms with Crippen LogP contribution >= 0.6 is 24.8 Å². The molecule has 0 atom stereocenters. The summed E-state index contributed by atoms with van der Waals surface area (Å²) >= 11 is 0. The maximum Gasteiger partial charge on any atom is 0.304 e. The van der Waals surface area contributed by atoms with Crippen LogP contribution in [0.5, 0.6) is 0 Å². The van der Waals surface area contributed by atoms with Crippen LogP contribution in [0.3, 0.4) is 0 Å². The molecule has 114 valence electrons. The number of hydrogen-bond donors (Lipinski definition) is 1. The lowest BCUT2D eigenvalue weighted by Crippen LogP contribution is -2.46. The third-order valence-electron chi connectivity index (χ3n) is 3.38. The number of aryl methyl sites for hydroxylation is 1. The summed E-state index contributed by atoms with van der Waals surface area (Å²) in [6, 6.07) is 8.53. The average Bonchev–Trinajstić information content (AvgIpc) is 2.37. The zero-order chi connectivity index (χ0) is 13.0. The van der Waals surface area contributed by atoms with Crippen molar-refractivity contribution in [3.8, 4) is 0 Å². The fraction of sp³-hybridized carbons (Fsp3) is 0.500. The summed E-state index contributed by atoms with van der Waals surface area (Å²) in [7, 11) is 0. The van der Waals surface area contributed by atoms with E-state index in [2.05, 4.69) is 41.0 Å². The molecule has 0 bridgehead atoms. The fourth-order valence-electron chi connectivity index (χ4n) is 2.31. The number of benzene rings is 1. The van der Waals surface area contributed by atoms with Crippen molar-refractivity contribution < 1.29 is 9.90 Å². The molecule has 1 saturated heterocycles. The van der Waals surface area contributed by atoms with E-state index in [4.69, 9.17) is 5.11 Å². The number of nitrogens with zero attached hydrogens (tertiary/aromatic N) is 2. The van der Waals surface area contributed by atoms with Gasteiger partial charge in [0, 0.05) is 38.4 Å². The van der Waals surface area contributed by atoms with Gasteiger partial charge in [0.25, 0.3) is 0 Å². The predicted octanol–water partition coefficient (Wildman–Crippen LogP) is 2.44. The lowest BCUT2D eigenvalue weighted by molar-refractivity contribution is -0.137. The topological polar surface area (TPSA) is 43.8 Å². The number of carboxylic acid groups (broad SMARTS) is 1. The van der Waals surface area contributed by atoms with E-state index in [-0.39, 0.29) is 31.2 Å². The van der Waals surface area contributed by atoms with Crippen LogP contribution in [0.2, 0.25) is 0 Å². The normalized spacial score (nSPS) is 15.2. The van der Waals surface area contributed by atoms with Crippen molar-refractivity contribution in [1.29, 1.82) is 0 Å². The highest BCUT2D eigenvalue weighted by Crippen LogP contribution is 2.17. The molecular weight excluding hydrogens is 299 g/mol. The molecule has 2 rings (SSSR count). The van der Waals surface area contributed by atoms with Crippen LogP contribution < -0.4 is 4.90 Å². The molecule has 1 N–H and O–H groups in total. The average molecular weight is 321 g/mol. The Hall–Kier alpha value is -0.970. The van der Waals surface area contributed by atoms with Crippen LogP contribution in [0, 0.1) is 6.92 Å². The number of rotatable bonds is 4. The Balaban J connectivity index is 0.00000180. The van der Waals surface area contributed by atoms with Crippen LogP contribution in [0.15, 0.2) is 24.3 Å². The number of halogens is 2. The maximum absolute atomic E-state index is 10.5. The molecule has 0 saturated carbocycles. The molecule has 1 aliphatic rings. The molecule has 1 aromatic carbocycles. The fourth-order valence-corrected chi connectivity index (χ4v) is 2.31. The van der Waals surface area contributed by atoms with Gasteiger partial charge in [-0.05, 0) is 24.6 Å². The van der Waals surface area contributed by atoms with Crippen molar-refractivity contribution in [3.05, 3.63) is 29.8 Å². The molecule has 0 aliphatic carbocycles. The summed E-state index contributed by atoms with van der Waals surface area (Å²) in [5.74, 6) is -0.712. The molecule has 1 aliphatic heterocycles. The minimum Gasteiger partial charge on any atom is -0.481 e. The van der Waals surface area contributed by atoms with Gasteiger partial charge in [-0.1, -0.05) is 12.1 Å². The summed E-state index contributed by atoms with van der Waals surface area (Å²) < 4.78 is 0. The quantitative estimate of drug-likeness (QED) is 0.925. The van der Waals surface area contributed by atoms with Gasteiger partial charge in [-0.3, -0.25) is 9.69 Å². The summed E-state index contributed by atoms with van der Waals surface area (Å²) in [4.78, 5) is 15.1. The summed E-state index contributed by atoms with van der Waals surface area (Å²) in [6.45, 7) is 6.61. The van der Waals surface area contributed by atoms with E-state index in [0.29, 0.717) is 6.54 Å². The largest absolute Gasteiger partial charge is 0.481 e.